The Labute approximate surface area is 106 Å². The zero-order valence-corrected chi connectivity index (χ0v) is 10.8. The zero-order valence-electron chi connectivity index (χ0n) is 9.97. The summed E-state index contributed by atoms with van der Waals surface area (Å²) in [6, 6.07) is 3.19. The second-order valence-electron chi connectivity index (χ2n) is 4.30. The summed E-state index contributed by atoms with van der Waals surface area (Å²) < 4.78 is 1.70. The largest absolute Gasteiger partial charge is 0.398 e. The van der Waals surface area contributed by atoms with Crippen molar-refractivity contribution in [3.05, 3.63) is 28.7 Å². The molecule has 94 valence electrons. The molecule has 2 N–H and O–H groups in total. The molecule has 1 aromatic rings. The molecular formula is C12H19N3OS. The van der Waals surface area contributed by atoms with Crippen LogP contribution in [0.3, 0.4) is 0 Å². The van der Waals surface area contributed by atoms with Crippen LogP contribution in [0.1, 0.15) is 6.42 Å². The van der Waals surface area contributed by atoms with E-state index in [4.69, 9.17) is 5.73 Å². The third-order valence-electron chi connectivity index (χ3n) is 2.98. The number of nitrogens with zero attached hydrogens (tertiary/aromatic N) is 2. The average Bonchev–Trinajstić information content (AvgIpc) is 2.35. The first-order chi connectivity index (χ1) is 8.25. The van der Waals surface area contributed by atoms with E-state index in [1.54, 1.807) is 16.8 Å². The number of nitrogens with two attached hydrogens (primary N) is 1. The van der Waals surface area contributed by atoms with Gasteiger partial charge in [-0.2, -0.15) is 11.8 Å². The van der Waals surface area contributed by atoms with Crippen molar-refractivity contribution in [1.29, 1.82) is 0 Å². The quantitative estimate of drug-likeness (QED) is 0.865. The van der Waals surface area contributed by atoms with Crippen LogP contribution in [0.25, 0.3) is 0 Å². The summed E-state index contributed by atoms with van der Waals surface area (Å²) in [4.78, 5) is 14.0. The average molecular weight is 253 g/mol. The van der Waals surface area contributed by atoms with E-state index in [9.17, 15) is 4.79 Å². The SMILES string of the molecule is Nc1ccc(=O)n(CCCN2CCSCC2)c1. The van der Waals surface area contributed by atoms with E-state index in [2.05, 4.69) is 4.90 Å². The van der Waals surface area contributed by atoms with Crippen molar-refractivity contribution in [1.82, 2.24) is 9.47 Å². The minimum Gasteiger partial charge on any atom is -0.398 e. The van der Waals surface area contributed by atoms with Gasteiger partial charge in [-0.15, -0.1) is 0 Å². The van der Waals surface area contributed by atoms with Gasteiger partial charge in [-0.05, 0) is 19.0 Å². The fourth-order valence-electron chi connectivity index (χ4n) is 2.01. The van der Waals surface area contributed by atoms with E-state index in [-0.39, 0.29) is 5.56 Å². The van der Waals surface area contributed by atoms with Crippen LogP contribution >= 0.6 is 11.8 Å². The van der Waals surface area contributed by atoms with Crippen LogP contribution in [-0.4, -0.2) is 40.6 Å². The number of nitrogen functional groups attached to an aromatic ring is 1. The van der Waals surface area contributed by atoms with Crippen molar-refractivity contribution < 1.29 is 0 Å². The number of hydrogen-bond donors (Lipinski definition) is 1. The Morgan fingerprint density at radius 2 is 2.00 bits per heavy atom. The number of pyridine rings is 1. The number of anilines is 1. The number of rotatable bonds is 4. The Morgan fingerprint density at radius 1 is 1.24 bits per heavy atom. The van der Waals surface area contributed by atoms with Crippen LogP contribution in [0.2, 0.25) is 0 Å². The van der Waals surface area contributed by atoms with Gasteiger partial charge < -0.3 is 15.2 Å². The van der Waals surface area contributed by atoms with Crippen molar-refractivity contribution in [2.24, 2.45) is 0 Å². The van der Waals surface area contributed by atoms with Crippen LogP contribution in [0, 0.1) is 0 Å². The molecule has 1 saturated heterocycles. The van der Waals surface area contributed by atoms with Crippen molar-refractivity contribution in [3.8, 4) is 0 Å². The van der Waals surface area contributed by atoms with Gasteiger partial charge in [-0.1, -0.05) is 0 Å². The lowest BCUT2D eigenvalue weighted by molar-refractivity contribution is 0.291. The van der Waals surface area contributed by atoms with Crippen LogP contribution in [0.4, 0.5) is 5.69 Å². The van der Waals surface area contributed by atoms with Gasteiger partial charge in [0.05, 0.1) is 0 Å². The molecule has 0 aliphatic carbocycles. The Morgan fingerprint density at radius 3 is 2.76 bits per heavy atom. The maximum Gasteiger partial charge on any atom is 0.250 e. The normalized spacial score (nSPS) is 17.2. The molecule has 1 fully saturated rings. The lowest BCUT2D eigenvalue weighted by Crippen LogP contribution is -2.34. The topological polar surface area (TPSA) is 51.3 Å². The summed E-state index contributed by atoms with van der Waals surface area (Å²) >= 11 is 2.02. The third-order valence-corrected chi connectivity index (χ3v) is 3.93. The molecule has 1 aliphatic rings. The van der Waals surface area contributed by atoms with E-state index in [0.717, 1.165) is 19.5 Å². The second kappa shape index (κ2) is 6.12. The Hall–Kier alpha value is -0.940. The molecule has 0 unspecified atom stereocenters. The fourth-order valence-corrected chi connectivity index (χ4v) is 2.99. The Bertz CT molecular complexity index is 412. The van der Waals surface area contributed by atoms with Gasteiger partial charge in [0.1, 0.15) is 0 Å². The molecule has 0 aromatic carbocycles. The van der Waals surface area contributed by atoms with E-state index in [0.29, 0.717) is 5.69 Å². The lowest BCUT2D eigenvalue weighted by Gasteiger charge is -2.26. The first-order valence-corrected chi connectivity index (χ1v) is 7.17. The second-order valence-corrected chi connectivity index (χ2v) is 5.53. The molecule has 1 aliphatic heterocycles. The molecule has 5 heteroatoms. The van der Waals surface area contributed by atoms with Gasteiger partial charge in [0.15, 0.2) is 0 Å². The number of aromatic nitrogens is 1. The highest BCUT2D eigenvalue weighted by Gasteiger charge is 2.09. The van der Waals surface area contributed by atoms with Crippen LogP contribution in [-0.2, 0) is 6.54 Å². The third kappa shape index (κ3) is 3.78. The maximum absolute atomic E-state index is 11.5. The monoisotopic (exact) mass is 253 g/mol. The van der Waals surface area contributed by atoms with E-state index in [1.165, 1.54) is 30.7 Å². The van der Waals surface area contributed by atoms with Gasteiger partial charge in [-0.25, -0.2) is 0 Å². The van der Waals surface area contributed by atoms with E-state index < -0.39 is 0 Å². The maximum atomic E-state index is 11.5. The molecular weight excluding hydrogens is 234 g/mol. The summed E-state index contributed by atoms with van der Waals surface area (Å²) in [6.07, 6.45) is 2.74. The highest BCUT2D eigenvalue weighted by Crippen LogP contribution is 2.09. The van der Waals surface area contributed by atoms with Crippen molar-refractivity contribution >= 4 is 17.4 Å². The van der Waals surface area contributed by atoms with E-state index in [1.807, 2.05) is 11.8 Å². The van der Waals surface area contributed by atoms with Crippen molar-refractivity contribution in [2.75, 3.05) is 36.9 Å². The molecule has 0 bridgehead atoms. The molecule has 0 saturated carbocycles. The summed E-state index contributed by atoms with van der Waals surface area (Å²) in [7, 11) is 0. The Kier molecular flexibility index (Phi) is 4.50. The molecule has 4 nitrogen and oxygen atoms in total. The lowest BCUT2D eigenvalue weighted by atomic mass is 10.3. The predicted molar refractivity (Wildman–Crippen MR) is 73.5 cm³/mol. The number of thioether (sulfide) groups is 1. The molecule has 1 aromatic heterocycles. The summed E-state index contributed by atoms with van der Waals surface area (Å²) in [5, 5.41) is 0. The first-order valence-electron chi connectivity index (χ1n) is 6.02. The molecule has 0 amide bonds. The minimum absolute atomic E-state index is 0.0356. The molecule has 2 heterocycles. The fraction of sp³-hybridized carbons (Fsp3) is 0.583. The summed E-state index contributed by atoms with van der Waals surface area (Å²) in [6.45, 7) is 4.18. The molecule has 0 radical (unpaired) electrons. The molecule has 0 spiro atoms. The molecule has 0 atom stereocenters. The summed E-state index contributed by atoms with van der Waals surface area (Å²) in [5.74, 6) is 2.47. The predicted octanol–water partition coefficient (Wildman–Crippen LogP) is 0.869. The van der Waals surface area contributed by atoms with Gasteiger partial charge in [0.25, 0.3) is 5.56 Å². The van der Waals surface area contributed by atoms with Crippen LogP contribution in [0.5, 0.6) is 0 Å². The number of aryl methyl sites for hydroxylation is 1. The van der Waals surface area contributed by atoms with E-state index >= 15 is 0 Å². The summed E-state index contributed by atoms with van der Waals surface area (Å²) in [5.41, 5.74) is 6.36. The molecule has 2 rings (SSSR count). The van der Waals surface area contributed by atoms with Crippen LogP contribution in [0.15, 0.2) is 23.1 Å². The smallest absolute Gasteiger partial charge is 0.250 e. The highest BCUT2D eigenvalue weighted by atomic mass is 32.2. The minimum atomic E-state index is 0.0356. The van der Waals surface area contributed by atoms with Crippen LogP contribution < -0.4 is 11.3 Å². The molecule has 17 heavy (non-hydrogen) atoms. The van der Waals surface area contributed by atoms with Crippen molar-refractivity contribution in [3.63, 3.8) is 0 Å². The standard InChI is InChI=1S/C12H19N3OS/c13-11-2-3-12(16)15(10-11)5-1-4-14-6-8-17-9-7-14/h2-3,10H,1,4-9,13H2. The first kappa shape index (κ1) is 12.5. The van der Waals surface area contributed by atoms with Crippen molar-refractivity contribution in [2.45, 2.75) is 13.0 Å². The van der Waals surface area contributed by atoms with Gasteiger partial charge in [0.2, 0.25) is 0 Å². The Balaban J connectivity index is 1.81. The highest BCUT2D eigenvalue weighted by molar-refractivity contribution is 7.99. The number of hydrogen-bond acceptors (Lipinski definition) is 4. The zero-order chi connectivity index (χ0) is 12.1. The van der Waals surface area contributed by atoms with Gasteiger partial charge >= 0.3 is 0 Å². The van der Waals surface area contributed by atoms with Gasteiger partial charge in [-0.3, -0.25) is 4.79 Å². The van der Waals surface area contributed by atoms with Gasteiger partial charge in [0, 0.05) is 49.1 Å².